The van der Waals surface area contributed by atoms with Gasteiger partial charge in [0.25, 0.3) is 0 Å². The van der Waals surface area contributed by atoms with Gasteiger partial charge >= 0.3 is 0 Å². The number of hydrogen-bond acceptors (Lipinski definition) is 4. The fourth-order valence-corrected chi connectivity index (χ4v) is 4.84. The molecule has 0 radical (unpaired) electrons. The minimum absolute atomic E-state index is 0.393. The topological polar surface area (TPSA) is 75.7 Å². The second kappa shape index (κ2) is 5.39. The predicted octanol–water partition coefficient (Wildman–Crippen LogP) is 4.09. The molecule has 2 aliphatic rings. The quantitative estimate of drug-likeness (QED) is 0.753. The first-order valence-electron chi connectivity index (χ1n) is 9.11. The van der Waals surface area contributed by atoms with Crippen LogP contribution >= 0.6 is 0 Å². The number of fused-ring (bicyclic) bond motifs is 1. The molecule has 2 aromatic heterocycles. The Kier molecular flexibility index (Phi) is 3.32. The number of aromatic nitrogens is 3. The van der Waals surface area contributed by atoms with Crippen molar-refractivity contribution in [3.8, 4) is 11.1 Å². The molecule has 1 N–H and O–H groups in total. The van der Waals surface area contributed by atoms with Crippen molar-refractivity contribution in [1.29, 1.82) is 0 Å². The van der Waals surface area contributed by atoms with Gasteiger partial charge in [0.2, 0.25) is 0 Å². The lowest BCUT2D eigenvalue weighted by molar-refractivity contribution is 0.601. The maximum Gasteiger partial charge on any atom is 0.175 e. The summed E-state index contributed by atoms with van der Waals surface area (Å²) < 4.78 is 24.0. The van der Waals surface area contributed by atoms with Crippen molar-refractivity contribution in [2.75, 3.05) is 6.26 Å². The van der Waals surface area contributed by atoms with Gasteiger partial charge in [-0.05, 0) is 49.8 Å². The number of nitrogens with zero attached hydrogens (tertiary/aromatic N) is 2. The van der Waals surface area contributed by atoms with Gasteiger partial charge in [-0.15, -0.1) is 0 Å². The standard InChI is InChI=1S/C20H21N3O2S/c1-11-9-14(7-8-16(11)26(2,24)25)17-18-15(10-21-19(17)12-3-4-12)22-23-20(18)13-5-6-13/h7-10,12-13H,3-6H2,1-2H3,(H,22,23). The van der Waals surface area contributed by atoms with Crippen LogP contribution < -0.4 is 0 Å². The lowest BCUT2D eigenvalue weighted by Gasteiger charge is -2.13. The summed E-state index contributed by atoms with van der Waals surface area (Å²) in [5.41, 5.74) is 6.20. The van der Waals surface area contributed by atoms with Gasteiger partial charge in [0.05, 0.1) is 28.0 Å². The SMILES string of the molecule is Cc1cc(-c2c(C3CC3)ncc3[nH]nc(C4CC4)c23)ccc1S(C)(=O)=O. The molecule has 0 amide bonds. The van der Waals surface area contributed by atoms with Crippen LogP contribution in [0.4, 0.5) is 0 Å². The molecule has 2 aliphatic carbocycles. The van der Waals surface area contributed by atoms with Crippen LogP contribution in [0, 0.1) is 6.92 Å². The van der Waals surface area contributed by atoms with Crippen molar-refractivity contribution in [1.82, 2.24) is 15.2 Å². The molecule has 2 saturated carbocycles. The fraction of sp³-hybridized carbons (Fsp3) is 0.400. The highest BCUT2D eigenvalue weighted by Gasteiger charge is 2.34. The molecule has 0 bridgehead atoms. The van der Waals surface area contributed by atoms with Crippen molar-refractivity contribution >= 4 is 20.7 Å². The van der Waals surface area contributed by atoms with E-state index in [1.165, 1.54) is 37.3 Å². The molecule has 26 heavy (non-hydrogen) atoms. The Morgan fingerprint density at radius 2 is 1.77 bits per heavy atom. The van der Waals surface area contributed by atoms with E-state index in [0.717, 1.165) is 33.6 Å². The zero-order chi connectivity index (χ0) is 18.1. The van der Waals surface area contributed by atoms with Crippen LogP contribution in [0.2, 0.25) is 0 Å². The third-order valence-electron chi connectivity index (χ3n) is 5.45. The van der Waals surface area contributed by atoms with Crippen LogP contribution in [-0.4, -0.2) is 29.9 Å². The number of aryl methyl sites for hydroxylation is 1. The van der Waals surface area contributed by atoms with E-state index in [2.05, 4.69) is 10.2 Å². The van der Waals surface area contributed by atoms with Crippen molar-refractivity contribution in [3.05, 3.63) is 41.3 Å². The van der Waals surface area contributed by atoms with Crippen molar-refractivity contribution in [2.24, 2.45) is 0 Å². The molecular weight excluding hydrogens is 346 g/mol. The average Bonchev–Trinajstić information content (AvgIpc) is 3.50. The number of aromatic amines is 1. The maximum absolute atomic E-state index is 12.0. The molecule has 5 rings (SSSR count). The van der Waals surface area contributed by atoms with E-state index in [9.17, 15) is 8.42 Å². The lowest BCUT2D eigenvalue weighted by atomic mass is 9.94. The number of nitrogens with one attached hydrogen (secondary N) is 1. The van der Waals surface area contributed by atoms with Crippen molar-refractivity contribution in [2.45, 2.75) is 49.3 Å². The highest BCUT2D eigenvalue weighted by molar-refractivity contribution is 7.90. The van der Waals surface area contributed by atoms with Crippen LogP contribution in [-0.2, 0) is 9.84 Å². The first kappa shape index (κ1) is 16.0. The molecule has 2 heterocycles. The molecule has 1 aromatic carbocycles. The van der Waals surface area contributed by atoms with E-state index < -0.39 is 9.84 Å². The second-order valence-electron chi connectivity index (χ2n) is 7.72. The number of rotatable bonds is 4. The molecule has 0 spiro atoms. The van der Waals surface area contributed by atoms with Crippen LogP contribution in [0.3, 0.4) is 0 Å². The minimum Gasteiger partial charge on any atom is -0.276 e. The highest BCUT2D eigenvalue weighted by atomic mass is 32.2. The van der Waals surface area contributed by atoms with Gasteiger partial charge in [0, 0.05) is 29.0 Å². The molecule has 6 heteroatoms. The zero-order valence-electron chi connectivity index (χ0n) is 14.9. The minimum atomic E-state index is -3.22. The first-order valence-corrected chi connectivity index (χ1v) is 11.0. The molecule has 0 unspecified atom stereocenters. The van der Waals surface area contributed by atoms with Crippen LogP contribution in [0.1, 0.15) is 54.5 Å². The Balaban J connectivity index is 1.79. The smallest absolute Gasteiger partial charge is 0.175 e. The second-order valence-corrected chi connectivity index (χ2v) is 9.70. The number of H-pyrrole nitrogens is 1. The summed E-state index contributed by atoms with van der Waals surface area (Å²) in [6.45, 7) is 1.86. The van der Waals surface area contributed by atoms with Gasteiger partial charge in [-0.2, -0.15) is 5.10 Å². The van der Waals surface area contributed by atoms with Crippen LogP contribution in [0.25, 0.3) is 22.0 Å². The Morgan fingerprint density at radius 1 is 1.08 bits per heavy atom. The van der Waals surface area contributed by atoms with E-state index in [1.807, 2.05) is 25.3 Å². The molecule has 0 aliphatic heterocycles. The Morgan fingerprint density at radius 3 is 2.38 bits per heavy atom. The number of benzene rings is 1. The largest absolute Gasteiger partial charge is 0.276 e. The maximum atomic E-state index is 12.0. The summed E-state index contributed by atoms with van der Waals surface area (Å²) in [7, 11) is -3.22. The first-order chi connectivity index (χ1) is 12.4. The Bertz CT molecular complexity index is 1140. The third-order valence-corrected chi connectivity index (χ3v) is 6.71. The van der Waals surface area contributed by atoms with E-state index in [-0.39, 0.29) is 0 Å². The van der Waals surface area contributed by atoms with Gasteiger partial charge in [-0.1, -0.05) is 12.1 Å². The van der Waals surface area contributed by atoms with Crippen LogP contribution in [0.15, 0.2) is 29.3 Å². The van der Waals surface area contributed by atoms with Crippen LogP contribution in [0.5, 0.6) is 0 Å². The molecular formula is C20H21N3O2S. The van der Waals surface area contributed by atoms with Gasteiger partial charge in [-0.3, -0.25) is 10.1 Å². The average molecular weight is 367 g/mol. The molecule has 134 valence electrons. The van der Waals surface area contributed by atoms with Gasteiger partial charge in [-0.25, -0.2) is 8.42 Å². The fourth-order valence-electron chi connectivity index (χ4n) is 3.88. The monoisotopic (exact) mass is 367 g/mol. The van der Waals surface area contributed by atoms with E-state index >= 15 is 0 Å². The molecule has 0 saturated heterocycles. The molecule has 2 fully saturated rings. The van der Waals surface area contributed by atoms with Gasteiger partial charge in [0.1, 0.15) is 0 Å². The summed E-state index contributed by atoms with van der Waals surface area (Å²) in [6.07, 6.45) is 7.88. The summed E-state index contributed by atoms with van der Waals surface area (Å²) in [4.78, 5) is 5.14. The molecule has 3 aromatic rings. The Labute approximate surface area is 152 Å². The van der Waals surface area contributed by atoms with Crippen molar-refractivity contribution in [3.63, 3.8) is 0 Å². The zero-order valence-corrected chi connectivity index (χ0v) is 15.7. The summed E-state index contributed by atoms with van der Waals surface area (Å²) in [5.74, 6) is 1.04. The van der Waals surface area contributed by atoms with E-state index in [4.69, 9.17) is 4.98 Å². The number of pyridine rings is 1. The summed E-state index contributed by atoms with van der Waals surface area (Å²) in [6, 6.07) is 5.64. The lowest BCUT2D eigenvalue weighted by Crippen LogP contribution is -2.01. The third kappa shape index (κ3) is 2.55. The van der Waals surface area contributed by atoms with Gasteiger partial charge < -0.3 is 0 Å². The molecule has 0 atom stereocenters. The highest BCUT2D eigenvalue weighted by Crippen LogP contribution is 2.49. The number of hydrogen-bond donors (Lipinski definition) is 1. The van der Waals surface area contributed by atoms with E-state index in [1.54, 1.807) is 6.07 Å². The normalized spacial score (nSPS) is 17.8. The summed E-state index contributed by atoms with van der Waals surface area (Å²) in [5, 5.41) is 8.91. The predicted molar refractivity (Wildman–Crippen MR) is 101 cm³/mol. The number of sulfone groups is 1. The van der Waals surface area contributed by atoms with Gasteiger partial charge in [0.15, 0.2) is 9.84 Å². The Hall–Kier alpha value is -2.21. The molecule has 5 nitrogen and oxygen atoms in total. The summed E-state index contributed by atoms with van der Waals surface area (Å²) >= 11 is 0. The van der Waals surface area contributed by atoms with E-state index in [0.29, 0.717) is 16.7 Å². The van der Waals surface area contributed by atoms with Crippen molar-refractivity contribution < 1.29 is 8.42 Å².